The number of ether oxygens (including phenoxy) is 1. The first-order valence-corrected chi connectivity index (χ1v) is 5.63. The SMILES string of the molecule is CCCOCCC(=O)N(C)CC(C)CN. The molecule has 1 amide bonds. The second-order valence-electron chi connectivity index (χ2n) is 3.98. The number of nitrogens with zero attached hydrogens (tertiary/aromatic N) is 1. The summed E-state index contributed by atoms with van der Waals surface area (Å²) in [5.74, 6) is 0.488. The van der Waals surface area contributed by atoms with E-state index in [1.165, 1.54) is 0 Å². The number of rotatable bonds is 8. The van der Waals surface area contributed by atoms with E-state index >= 15 is 0 Å². The summed E-state index contributed by atoms with van der Waals surface area (Å²) < 4.78 is 5.26. The van der Waals surface area contributed by atoms with Crippen LogP contribution in [0.25, 0.3) is 0 Å². The van der Waals surface area contributed by atoms with Crippen molar-refractivity contribution in [3.05, 3.63) is 0 Å². The van der Waals surface area contributed by atoms with E-state index in [-0.39, 0.29) is 5.91 Å². The highest BCUT2D eigenvalue weighted by molar-refractivity contribution is 5.75. The fraction of sp³-hybridized carbons (Fsp3) is 0.909. The molecule has 0 aliphatic heterocycles. The summed E-state index contributed by atoms with van der Waals surface area (Å²) in [5, 5.41) is 0. The van der Waals surface area contributed by atoms with Gasteiger partial charge in [0.1, 0.15) is 0 Å². The van der Waals surface area contributed by atoms with Crippen molar-refractivity contribution in [1.29, 1.82) is 0 Å². The third-order valence-electron chi connectivity index (χ3n) is 2.22. The molecule has 4 heteroatoms. The first kappa shape index (κ1) is 14.4. The number of amides is 1. The summed E-state index contributed by atoms with van der Waals surface area (Å²) in [6.45, 7) is 6.69. The van der Waals surface area contributed by atoms with Crippen LogP contribution in [-0.2, 0) is 9.53 Å². The first-order chi connectivity index (χ1) is 7.11. The largest absolute Gasteiger partial charge is 0.381 e. The molecule has 90 valence electrons. The van der Waals surface area contributed by atoms with Crippen LogP contribution >= 0.6 is 0 Å². The molecule has 2 N–H and O–H groups in total. The number of hydrogen-bond acceptors (Lipinski definition) is 3. The Kier molecular flexibility index (Phi) is 8.33. The van der Waals surface area contributed by atoms with Crippen molar-refractivity contribution < 1.29 is 9.53 Å². The minimum Gasteiger partial charge on any atom is -0.381 e. The summed E-state index contributed by atoms with van der Waals surface area (Å²) in [7, 11) is 1.81. The summed E-state index contributed by atoms with van der Waals surface area (Å²) in [5.41, 5.74) is 5.50. The predicted molar refractivity (Wildman–Crippen MR) is 61.6 cm³/mol. The topological polar surface area (TPSA) is 55.6 Å². The van der Waals surface area contributed by atoms with Gasteiger partial charge in [-0.3, -0.25) is 4.79 Å². The van der Waals surface area contributed by atoms with Crippen molar-refractivity contribution in [2.75, 3.05) is 33.4 Å². The Hall–Kier alpha value is -0.610. The zero-order chi connectivity index (χ0) is 11.7. The summed E-state index contributed by atoms with van der Waals surface area (Å²) in [6.07, 6.45) is 1.46. The van der Waals surface area contributed by atoms with E-state index in [1.54, 1.807) is 4.90 Å². The molecule has 0 aromatic heterocycles. The van der Waals surface area contributed by atoms with E-state index in [2.05, 4.69) is 6.92 Å². The van der Waals surface area contributed by atoms with Crippen molar-refractivity contribution >= 4 is 5.91 Å². The van der Waals surface area contributed by atoms with Gasteiger partial charge < -0.3 is 15.4 Å². The molecule has 0 fully saturated rings. The molecule has 0 spiro atoms. The maximum atomic E-state index is 11.6. The van der Waals surface area contributed by atoms with E-state index in [9.17, 15) is 4.79 Å². The Morgan fingerprint density at radius 1 is 1.47 bits per heavy atom. The molecule has 4 nitrogen and oxygen atoms in total. The van der Waals surface area contributed by atoms with Gasteiger partial charge in [-0.05, 0) is 18.9 Å². The molecule has 0 aromatic rings. The zero-order valence-corrected chi connectivity index (χ0v) is 10.2. The average molecular weight is 216 g/mol. The maximum Gasteiger partial charge on any atom is 0.224 e. The summed E-state index contributed by atoms with van der Waals surface area (Å²) >= 11 is 0. The van der Waals surface area contributed by atoms with Crippen molar-refractivity contribution in [3.63, 3.8) is 0 Å². The normalized spacial score (nSPS) is 12.5. The Balaban J connectivity index is 3.60. The molecule has 0 saturated heterocycles. The van der Waals surface area contributed by atoms with Gasteiger partial charge in [0.05, 0.1) is 13.0 Å². The fourth-order valence-electron chi connectivity index (χ4n) is 1.24. The molecule has 0 aliphatic rings. The lowest BCUT2D eigenvalue weighted by Gasteiger charge is -2.20. The van der Waals surface area contributed by atoms with Gasteiger partial charge in [0.2, 0.25) is 5.91 Å². The molecule has 15 heavy (non-hydrogen) atoms. The lowest BCUT2D eigenvalue weighted by Crippen LogP contribution is -2.33. The minimum absolute atomic E-state index is 0.131. The second kappa shape index (κ2) is 8.68. The van der Waals surface area contributed by atoms with Crippen molar-refractivity contribution in [2.45, 2.75) is 26.7 Å². The minimum atomic E-state index is 0.131. The zero-order valence-electron chi connectivity index (χ0n) is 10.2. The third kappa shape index (κ3) is 7.33. The van der Waals surface area contributed by atoms with Crippen LogP contribution in [0.4, 0.5) is 0 Å². The van der Waals surface area contributed by atoms with Crippen LogP contribution in [0, 0.1) is 5.92 Å². The number of carbonyl (C=O) groups excluding carboxylic acids is 1. The molecular formula is C11H24N2O2. The highest BCUT2D eigenvalue weighted by Crippen LogP contribution is 1.98. The van der Waals surface area contributed by atoms with Gasteiger partial charge >= 0.3 is 0 Å². The standard InChI is InChI=1S/C11H24N2O2/c1-4-6-15-7-5-11(14)13(3)9-10(2)8-12/h10H,4-9,12H2,1-3H3. The van der Waals surface area contributed by atoms with Crippen molar-refractivity contribution in [1.82, 2.24) is 4.90 Å². The van der Waals surface area contributed by atoms with E-state index in [0.29, 0.717) is 25.5 Å². The maximum absolute atomic E-state index is 11.6. The van der Waals surface area contributed by atoms with E-state index in [1.807, 2.05) is 14.0 Å². The smallest absolute Gasteiger partial charge is 0.224 e. The van der Waals surface area contributed by atoms with Crippen LogP contribution in [-0.4, -0.2) is 44.2 Å². The average Bonchev–Trinajstić information content (AvgIpc) is 2.23. The van der Waals surface area contributed by atoms with Crippen LogP contribution in [0.1, 0.15) is 26.7 Å². The Morgan fingerprint density at radius 3 is 2.67 bits per heavy atom. The van der Waals surface area contributed by atoms with Gasteiger partial charge in [-0.2, -0.15) is 0 Å². The van der Waals surface area contributed by atoms with Crippen molar-refractivity contribution in [3.8, 4) is 0 Å². The van der Waals surface area contributed by atoms with Crippen molar-refractivity contribution in [2.24, 2.45) is 11.7 Å². The number of nitrogens with two attached hydrogens (primary N) is 1. The third-order valence-corrected chi connectivity index (χ3v) is 2.22. The quantitative estimate of drug-likeness (QED) is 0.612. The lowest BCUT2D eigenvalue weighted by atomic mass is 10.2. The summed E-state index contributed by atoms with van der Waals surface area (Å²) in [4.78, 5) is 13.3. The van der Waals surface area contributed by atoms with Crippen LogP contribution < -0.4 is 5.73 Å². The molecule has 1 atom stereocenters. The highest BCUT2D eigenvalue weighted by Gasteiger charge is 2.10. The fourth-order valence-corrected chi connectivity index (χ4v) is 1.24. The Labute approximate surface area is 92.8 Å². The second-order valence-corrected chi connectivity index (χ2v) is 3.98. The van der Waals surface area contributed by atoms with Crippen LogP contribution in [0.5, 0.6) is 0 Å². The number of carbonyl (C=O) groups is 1. The number of hydrogen-bond donors (Lipinski definition) is 1. The van der Waals surface area contributed by atoms with Crippen LogP contribution in [0.2, 0.25) is 0 Å². The molecule has 0 rings (SSSR count). The molecular weight excluding hydrogens is 192 g/mol. The molecule has 0 aliphatic carbocycles. The predicted octanol–water partition coefficient (Wildman–Crippen LogP) is 0.856. The Morgan fingerprint density at radius 2 is 2.13 bits per heavy atom. The lowest BCUT2D eigenvalue weighted by molar-refractivity contribution is -0.131. The van der Waals surface area contributed by atoms with Crippen LogP contribution in [0.3, 0.4) is 0 Å². The van der Waals surface area contributed by atoms with Gasteiger partial charge in [0, 0.05) is 20.2 Å². The van der Waals surface area contributed by atoms with Gasteiger partial charge in [0.15, 0.2) is 0 Å². The van der Waals surface area contributed by atoms with E-state index in [0.717, 1.165) is 19.6 Å². The van der Waals surface area contributed by atoms with Gasteiger partial charge in [-0.15, -0.1) is 0 Å². The molecule has 0 heterocycles. The molecule has 0 aromatic carbocycles. The van der Waals surface area contributed by atoms with Crippen LogP contribution in [0.15, 0.2) is 0 Å². The van der Waals surface area contributed by atoms with Gasteiger partial charge in [0.25, 0.3) is 0 Å². The highest BCUT2D eigenvalue weighted by atomic mass is 16.5. The molecule has 0 saturated carbocycles. The first-order valence-electron chi connectivity index (χ1n) is 5.63. The van der Waals surface area contributed by atoms with Gasteiger partial charge in [-0.1, -0.05) is 13.8 Å². The van der Waals surface area contributed by atoms with E-state index in [4.69, 9.17) is 10.5 Å². The van der Waals surface area contributed by atoms with Gasteiger partial charge in [-0.25, -0.2) is 0 Å². The molecule has 0 radical (unpaired) electrons. The molecule has 1 unspecified atom stereocenters. The Bertz CT molecular complexity index is 174. The summed E-state index contributed by atoms with van der Waals surface area (Å²) in [6, 6.07) is 0. The van der Waals surface area contributed by atoms with E-state index < -0.39 is 0 Å². The monoisotopic (exact) mass is 216 g/mol. The molecule has 0 bridgehead atoms.